The van der Waals surface area contributed by atoms with E-state index in [1.807, 2.05) is 24.3 Å². The SMILES string of the molecule is COc1ccc(COc2c3ncccc3c(N(C)S(C)(=O)=O)c3cn(Cc4ccc(F)cc4N)c(O)c23)cc1. The largest absolute Gasteiger partial charge is 0.497 e. The molecule has 2 aromatic heterocycles. The van der Waals surface area contributed by atoms with Gasteiger partial charge in [0.05, 0.1) is 31.0 Å². The van der Waals surface area contributed by atoms with Crippen molar-refractivity contribution < 1.29 is 27.4 Å². The zero-order valence-electron chi connectivity index (χ0n) is 21.6. The monoisotopic (exact) mass is 550 g/mol. The van der Waals surface area contributed by atoms with Gasteiger partial charge < -0.3 is 24.9 Å². The van der Waals surface area contributed by atoms with Gasteiger partial charge in [-0.15, -0.1) is 0 Å². The third-order valence-corrected chi connectivity index (χ3v) is 7.79. The molecule has 39 heavy (non-hydrogen) atoms. The Bertz CT molecular complexity index is 1800. The smallest absolute Gasteiger partial charge is 0.232 e. The molecule has 5 rings (SSSR count). The average molecular weight is 551 g/mol. The summed E-state index contributed by atoms with van der Waals surface area (Å²) in [6, 6.07) is 14.8. The first kappa shape index (κ1) is 26.1. The van der Waals surface area contributed by atoms with Crippen LogP contribution in [-0.2, 0) is 23.2 Å². The van der Waals surface area contributed by atoms with Crippen LogP contribution in [0.2, 0.25) is 0 Å². The van der Waals surface area contributed by atoms with E-state index in [1.165, 1.54) is 29.8 Å². The highest BCUT2D eigenvalue weighted by Crippen LogP contribution is 2.47. The molecule has 3 N–H and O–H groups in total. The van der Waals surface area contributed by atoms with Crippen LogP contribution < -0.4 is 19.5 Å². The molecule has 202 valence electrons. The molecule has 0 amide bonds. The summed E-state index contributed by atoms with van der Waals surface area (Å²) in [5, 5.41) is 12.7. The number of halogens is 1. The Labute approximate surface area is 224 Å². The molecule has 0 aliphatic carbocycles. The summed E-state index contributed by atoms with van der Waals surface area (Å²) in [5.41, 5.74) is 8.41. The second kappa shape index (κ2) is 9.99. The number of methoxy groups -OCH3 is 1. The molecule has 0 unspecified atom stereocenters. The van der Waals surface area contributed by atoms with Crippen LogP contribution in [0.3, 0.4) is 0 Å². The third-order valence-electron chi connectivity index (χ3n) is 6.61. The summed E-state index contributed by atoms with van der Waals surface area (Å²) in [6.45, 7) is 0.262. The van der Waals surface area contributed by atoms with Crippen molar-refractivity contribution in [1.82, 2.24) is 9.55 Å². The summed E-state index contributed by atoms with van der Waals surface area (Å²) in [7, 11) is -0.657. The Morgan fingerprint density at radius 2 is 1.87 bits per heavy atom. The quantitative estimate of drug-likeness (QED) is 0.270. The van der Waals surface area contributed by atoms with Gasteiger partial charge in [0, 0.05) is 35.9 Å². The fourth-order valence-corrected chi connectivity index (χ4v) is 5.05. The van der Waals surface area contributed by atoms with Crippen LogP contribution in [0, 0.1) is 5.82 Å². The molecular formula is C28H27FN4O5S. The fourth-order valence-electron chi connectivity index (χ4n) is 4.53. The number of nitrogens with zero attached hydrogens (tertiary/aromatic N) is 3. The number of nitrogens with two attached hydrogens (primary N) is 1. The van der Waals surface area contributed by atoms with Crippen molar-refractivity contribution in [2.45, 2.75) is 13.2 Å². The lowest BCUT2D eigenvalue weighted by atomic mass is 10.1. The lowest BCUT2D eigenvalue weighted by Gasteiger charge is -2.21. The van der Waals surface area contributed by atoms with Gasteiger partial charge in [-0.25, -0.2) is 12.8 Å². The molecule has 3 aromatic carbocycles. The van der Waals surface area contributed by atoms with Gasteiger partial charge in [0.25, 0.3) is 0 Å². The fraction of sp³-hybridized carbons (Fsp3) is 0.179. The van der Waals surface area contributed by atoms with E-state index in [4.69, 9.17) is 15.2 Å². The van der Waals surface area contributed by atoms with E-state index < -0.39 is 15.8 Å². The van der Waals surface area contributed by atoms with Crippen LogP contribution in [0.25, 0.3) is 21.7 Å². The molecule has 0 spiro atoms. The highest BCUT2D eigenvalue weighted by atomic mass is 32.2. The highest BCUT2D eigenvalue weighted by Gasteiger charge is 2.27. The number of aromatic hydroxyl groups is 1. The van der Waals surface area contributed by atoms with Crippen molar-refractivity contribution in [2.24, 2.45) is 0 Å². The van der Waals surface area contributed by atoms with Crippen molar-refractivity contribution >= 4 is 43.1 Å². The molecule has 0 fully saturated rings. The second-order valence-corrected chi connectivity index (χ2v) is 11.2. The van der Waals surface area contributed by atoms with Gasteiger partial charge in [0.1, 0.15) is 23.7 Å². The number of hydrogen-bond acceptors (Lipinski definition) is 7. The van der Waals surface area contributed by atoms with Crippen LogP contribution in [0.1, 0.15) is 11.1 Å². The number of aromatic nitrogens is 2. The van der Waals surface area contributed by atoms with Crippen LogP contribution >= 0.6 is 0 Å². The molecule has 2 heterocycles. The molecule has 0 bridgehead atoms. The Balaban J connectivity index is 1.73. The number of hydrogen-bond donors (Lipinski definition) is 2. The number of benzene rings is 3. The normalized spacial score (nSPS) is 11.7. The summed E-state index contributed by atoms with van der Waals surface area (Å²) in [4.78, 5) is 4.51. The van der Waals surface area contributed by atoms with E-state index >= 15 is 0 Å². The maximum absolute atomic E-state index is 13.6. The van der Waals surface area contributed by atoms with Crippen LogP contribution in [0.4, 0.5) is 15.8 Å². The van der Waals surface area contributed by atoms with Crippen LogP contribution in [-0.4, -0.2) is 43.5 Å². The van der Waals surface area contributed by atoms with E-state index in [2.05, 4.69) is 4.98 Å². The van der Waals surface area contributed by atoms with E-state index in [9.17, 15) is 17.9 Å². The topological polar surface area (TPSA) is 120 Å². The predicted octanol–water partition coefficient (Wildman–Crippen LogP) is 4.65. The number of nitrogen functional groups attached to an aromatic ring is 1. The minimum Gasteiger partial charge on any atom is -0.497 e. The summed E-state index contributed by atoms with van der Waals surface area (Å²) in [5.74, 6) is 0.359. The van der Waals surface area contributed by atoms with E-state index in [0.717, 1.165) is 16.1 Å². The standard InChI is InChI=1S/C28H27FN4O5S/c1-32(39(3,35)36)26-21-5-4-12-31-25(21)27(38-16-17-6-10-20(37-2)11-7-17)24-22(26)15-33(28(24)34)14-18-8-9-19(29)13-23(18)30/h4-13,15,34H,14,16,30H2,1-3H3. The molecular weight excluding hydrogens is 523 g/mol. The maximum Gasteiger partial charge on any atom is 0.232 e. The third kappa shape index (κ3) is 4.88. The molecule has 0 radical (unpaired) electrons. The van der Waals surface area contributed by atoms with Gasteiger partial charge in [-0.05, 0) is 47.5 Å². The number of sulfonamides is 1. The number of pyridine rings is 1. The molecule has 11 heteroatoms. The first-order valence-electron chi connectivity index (χ1n) is 11.9. The lowest BCUT2D eigenvalue weighted by Crippen LogP contribution is -2.25. The van der Waals surface area contributed by atoms with Crippen molar-refractivity contribution in [1.29, 1.82) is 0 Å². The average Bonchev–Trinajstić information content (AvgIpc) is 3.23. The minimum absolute atomic E-state index is 0.107. The van der Waals surface area contributed by atoms with Crippen LogP contribution in [0.5, 0.6) is 17.4 Å². The summed E-state index contributed by atoms with van der Waals surface area (Å²) < 4.78 is 53.2. The van der Waals surface area contributed by atoms with E-state index in [-0.39, 0.29) is 24.7 Å². The molecule has 0 aliphatic rings. The first-order valence-corrected chi connectivity index (χ1v) is 13.8. The molecule has 0 saturated heterocycles. The van der Waals surface area contributed by atoms with Gasteiger partial charge in [0.2, 0.25) is 15.9 Å². The zero-order chi connectivity index (χ0) is 27.9. The van der Waals surface area contributed by atoms with Gasteiger partial charge in [-0.1, -0.05) is 18.2 Å². The zero-order valence-corrected chi connectivity index (χ0v) is 22.4. The van der Waals surface area contributed by atoms with Crippen molar-refractivity contribution in [3.05, 3.63) is 83.9 Å². The Hall–Kier alpha value is -4.51. The Morgan fingerprint density at radius 3 is 2.54 bits per heavy atom. The highest BCUT2D eigenvalue weighted by molar-refractivity contribution is 7.92. The maximum atomic E-state index is 13.6. The lowest BCUT2D eigenvalue weighted by molar-refractivity contribution is 0.311. The van der Waals surface area contributed by atoms with Gasteiger partial charge >= 0.3 is 0 Å². The Morgan fingerprint density at radius 1 is 1.13 bits per heavy atom. The first-order chi connectivity index (χ1) is 18.6. The molecule has 9 nitrogen and oxygen atoms in total. The number of ether oxygens (including phenoxy) is 2. The van der Waals surface area contributed by atoms with Crippen molar-refractivity contribution in [3.63, 3.8) is 0 Å². The molecule has 5 aromatic rings. The van der Waals surface area contributed by atoms with Gasteiger partial charge in [0.15, 0.2) is 5.75 Å². The summed E-state index contributed by atoms with van der Waals surface area (Å²) in [6.07, 6.45) is 4.31. The van der Waals surface area contributed by atoms with Gasteiger partial charge in [-0.3, -0.25) is 9.29 Å². The Kier molecular flexibility index (Phi) is 6.69. The summed E-state index contributed by atoms with van der Waals surface area (Å²) >= 11 is 0. The minimum atomic E-state index is -3.69. The van der Waals surface area contributed by atoms with Crippen molar-refractivity contribution in [2.75, 3.05) is 30.5 Å². The predicted molar refractivity (Wildman–Crippen MR) is 149 cm³/mol. The number of rotatable bonds is 8. The molecule has 0 atom stereocenters. The second-order valence-electron chi connectivity index (χ2n) is 9.16. The van der Waals surface area contributed by atoms with Gasteiger partial charge in [-0.2, -0.15) is 0 Å². The number of anilines is 2. The number of fused-ring (bicyclic) bond motifs is 2. The van der Waals surface area contributed by atoms with Crippen LogP contribution in [0.15, 0.2) is 67.0 Å². The van der Waals surface area contributed by atoms with Crippen molar-refractivity contribution in [3.8, 4) is 17.4 Å². The van der Waals surface area contributed by atoms with E-state index in [1.54, 1.807) is 31.6 Å². The molecule has 0 aliphatic heterocycles. The van der Waals surface area contributed by atoms with E-state index in [0.29, 0.717) is 44.4 Å². The molecule has 0 saturated carbocycles.